The summed E-state index contributed by atoms with van der Waals surface area (Å²) in [5.41, 5.74) is 1.17. The average Bonchev–Trinajstić information content (AvgIpc) is 2.74. The maximum absolute atomic E-state index is 4.08. The van der Waals surface area contributed by atoms with Gasteiger partial charge < -0.3 is 5.32 Å². The van der Waals surface area contributed by atoms with E-state index in [-0.39, 0.29) is 0 Å². The Hall–Kier alpha value is -1.12. The molecule has 0 amide bonds. The number of aromatic nitrogens is 2. The van der Waals surface area contributed by atoms with E-state index >= 15 is 0 Å². The second-order valence-corrected chi connectivity index (χ2v) is 4.69. The summed E-state index contributed by atoms with van der Waals surface area (Å²) >= 11 is 0. The summed E-state index contributed by atoms with van der Waals surface area (Å²) in [4.78, 5) is 0. The van der Waals surface area contributed by atoms with Crippen molar-refractivity contribution in [3.8, 4) is 0 Å². The van der Waals surface area contributed by atoms with Gasteiger partial charge in [-0.1, -0.05) is 0 Å². The van der Waals surface area contributed by atoms with Crippen LogP contribution in [0.1, 0.15) is 24.8 Å². The molecule has 2 atom stereocenters. The third-order valence-electron chi connectivity index (χ3n) is 3.39. The molecular weight excluding hydrogens is 174 g/mol. The maximum atomic E-state index is 4.08. The van der Waals surface area contributed by atoms with E-state index in [0.717, 1.165) is 17.7 Å². The highest BCUT2D eigenvalue weighted by molar-refractivity contribution is 5.36. The van der Waals surface area contributed by atoms with Crippen LogP contribution < -0.4 is 5.32 Å². The summed E-state index contributed by atoms with van der Waals surface area (Å²) in [6.45, 7) is 2.05. The molecule has 1 heterocycles. The van der Waals surface area contributed by atoms with Crippen molar-refractivity contribution < 1.29 is 0 Å². The number of hydrogen-bond donors (Lipinski definition) is 1. The number of nitrogens with zero attached hydrogens (tertiary/aromatic N) is 2. The highest BCUT2D eigenvalue weighted by Crippen LogP contribution is 2.52. The van der Waals surface area contributed by atoms with Gasteiger partial charge in [0.25, 0.3) is 0 Å². The van der Waals surface area contributed by atoms with Crippen LogP contribution in [0.5, 0.6) is 0 Å². The Morgan fingerprint density at radius 1 is 1.29 bits per heavy atom. The fourth-order valence-electron chi connectivity index (χ4n) is 2.58. The third-order valence-corrected chi connectivity index (χ3v) is 3.39. The SMILES string of the molecule is Cc1cnnc(NC2CC3CC3C2)c1. The number of fused-ring (bicyclic) bond motifs is 1. The van der Waals surface area contributed by atoms with E-state index in [4.69, 9.17) is 0 Å². The zero-order valence-corrected chi connectivity index (χ0v) is 8.40. The Kier molecular flexibility index (Phi) is 1.72. The predicted molar refractivity (Wildman–Crippen MR) is 55.0 cm³/mol. The van der Waals surface area contributed by atoms with E-state index in [1.807, 2.05) is 6.92 Å². The monoisotopic (exact) mass is 189 g/mol. The zero-order valence-electron chi connectivity index (χ0n) is 8.40. The van der Waals surface area contributed by atoms with Crippen LogP contribution in [0.3, 0.4) is 0 Å². The minimum absolute atomic E-state index is 0.648. The van der Waals surface area contributed by atoms with Gasteiger partial charge >= 0.3 is 0 Å². The van der Waals surface area contributed by atoms with E-state index in [1.165, 1.54) is 24.8 Å². The number of anilines is 1. The zero-order chi connectivity index (χ0) is 9.54. The van der Waals surface area contributed by atoms with Gasteiger partial charge in [-0.3, -0.25) is 0 Å². The molecule has 74 valence electrons. The normalized spacial score (nSPS) is 33.9. The van der Waals surface area contributed by atoms with Gasteiger partial charge in [-0.05, 0) is 49.7 Å². The maximum Gasteiger partial charge on any atom is 0.149 e. The van der Waals surface area contributed by atoms with Crippen LogP contribution in [0.2, 0.25) is 0 Å². The van der Waals surface area contributed by atoms with Crippen molar-refractivity contribution >= 4 is 5.82 Å². The summed E-state index contributed by atoms with van der Waals surface area (Å²) < 4.78 is 0. The molecule has 0 radical (unpaired) electrons. The molecule has 1 aromatic heterocycles. The summed E-state index contributed by atoms with van der Waals surface area (Å²) in [6.07, 6.45) is 5.93. The summed E-state index contributed by atoms with van der Waals surface area (Å²) in [5.74, 6) is 2.98. The lowest BCUT2D eigenvalue weighted by molar-refractivity contribution is 0.647. The smallest absolute Gasteiger partial charge is 0.149 e. The van der Waals surface area contributed by atoms with Crippen LogP contribution >= 0.6 is 0 Å². The summed E-state index contributed by atoms with van der Waals surface area (Å²) in [5, 5.41) is 11.5. The fraction of sp³-hybridized carbons (Fsp3) is 0.636. The standard InChI is InChI=1S/C11H15N3/c1-7-2-11(14-12-6-7)13-10-4-8-3-9(8)5-10/h2,6,8-10H,3-5H2,1H3,(H,13,14). The molecule has 0 aliphatic heterocycles. The minimum atomic E-state index is 0.648. The van der Waals surface area contributed by atoms with E-state index in [2.05, 4.69) is 21.6 Å². The number of aryl methyl sites for hydroxylation is 1. The first-order valence-corrected chi connectivity index (χ1v) is 5.37. The number of nitrogens with one attached hydrogen (secondary N) is 1. The van der Waals surface area contributed by atoms with Crippen LogP contribution in [-0.2, 0) is 0 Å². The van der Waals surface area contributed by atoms with Gasteiger partial charge in [0.2, 0.25) is 0 Å². The third kappa shape index (κ3) is 1.47. The molecule has 3 rings (SSSR count). The second kappa shape index (κ2) is 2.94. The Bertz CT molecular complexity index is 340. The van der Waals surface area contributed by atoms with Gasteiger partial charge in [-0.2, -0.15) is 5.10 Å². The molecule has 2 unspecified atom stereocenters. The van der Waals surface area contributed by atoms with Gasteiger partial charge in [0.15, 0.2) is 0 Å². The van der Waals surface area contributed by atoms with Crippen molar-refractivity contribution in [3.63, 3.8) is 0 Å². The van der Waals surface area contributed by atoms with Gasteiger partial charge in [0, 0.05) is 6.04 Å². The van der Waals surface area contributed by atoms with Gasteiger partial charge in [-0.15, -0.1) is 5.10 Å². The Morgan fingerprint density at radius 2 is 2.07 bits per heavy atom. The Balaban J connectivity index is 1.66. The molecular formula is C11H15N3. The molecule has 2 aliphatic carbocycles. The lowest BCUT2D eigenvalue weighted by Crippen LogP contribution is -2.18. The largest absolute Gasteiger partial charge is 0.366 e. The number of rotatable bonds is 2. The lowest BCUT2D eigenvalue weighted by Gasteiger charge is -2.14. The van der Waals surface area contributed by atoms with Crippen molar-refractivity contribution in [2.75, 3.05) is 5.32 Å². The van der Waals surface area contributed by atoms with Gasteiger partial charge in [0.1, 0.15) is 5.82 Å². The van der Waals surface area contributed by atoms with E-state index < -0.39 is 0 Å². The van der Waals surface area contributed by atoms with Crippen molar-refractivity contribution in [3.05, 3.63) is 17.8 Å². The first-order chi connectivity index (χ1) is 6.81. The highest BCUT2D eigenvalue weighted by atomic mass is 15.2. The van der Waals surface area contributed by atoms with Crippen molar-refractivity contribution in [2.45, 2.75) is 32.2 Å². The van der Waals surface area contributed by atoms with Crippen molar-refractivity contribution in [2.24, 2.45) is 11.8 Å². The summed E-state index contributed by atoms with van der Waals surface area (Å²) in [7, 11) is 0. The van der Waals surface area contributed by atoms with E-state index in [1.54, 1.807) is 6.20 Å². The minimum Gasteiger partial charge on any atom is -0.366 e. The highest BCUT2D eigenvalue weighted by Gasteiger charge is 2.45. The first-order valence-electron chi connectivity index (χ1n) is 5.37. The molecule has 0 aromatic carbocycles. The van der Waals surface area contributed by atoms with Crippen molar-refractivity contribution in [1.29, 1.82) is 0 Å². The molecule has 3 nitrogen and oxygen atoms in total. The second-order valence-electron chi connectivity index (χ2n) is 4.69. The Morgan fingerprint density at radius 3 is 2.79 bits per heavy atom. The Labute approximate surface area is 83.9 Å². The average molecular weight is 189 g/mol. The van der Waals surface area contributed by atoms with Crippen LogP contribution in [0, 0.1) is 18.8 Å². The van der Waals surface area contributed by atoms with Gasteiger partial charge in [0.05, 0.1) is 6.20 Å². The first kappa shape index (κ1) is 8.21. The fourth-order valence-corrected chi connectivity index (χ4v) is 2.58. The molecule has 2 saturated carbocycles. The molecule has 1 aromatic rings. The molecule has 14 heavy (non-hydrogen) atoms. The number of hydrogen-bond acceptors (Lipinski definition) is 3. The van der Waals surface area contributed by atoms with Crippen LogP contribution in [0.4, 0.5) is 5.82 Å². The van der Waals surface area contributed by atoms with Gasteiger partial charge in [-0.25, -0.2) is 0 Å². The molecule has 1 N–H and O–H groups in total. The molecule has 0 saturated heterocycles. The summed E-state index contributed by atoms with van der Waals surface area (Å²) in [6, 6.07) is 2.71. The van der Waals surface area contributed by atoms with Crippen LogP contribution in [0.15, 0.2) is 12.3 Å². The molecule has 2 fully saturated rings. The lowest BCUT2D eigenvalue weighted by atomic mass is 10.1. The van der Waals surface area contributed by atoms with Crippen LogP contribution in [0.25, 0.3) is 0 Å². The predicted octanol–water partition coefficient (Wildman–Crippen LogP) is 2.00. The molecule has 2 aliphatic rings. The molecule has 0 spiro atoms. The molecule has 3 heteroatoms. The van der Waals surface area contributed by atoms with Crippen molar-refractivity contribution in [1.82, 2.24) is 10.2 Å². The van der Waals surface area contributed by atoms with E-state index in [9.17, 15) is 0 Å². The molecule has 0 bridgehead atoms. The quantitative estimate of drug-likeness (QED) is 0.773. The van der Waals surface area contributed by atoms with Crippen LogP contribution in [-0.4, -0.2) is 16.2 Å². The topological polar surface area (TPSA) is 37.8 Å². The van der Waals surface area contributed by atoms with E-state index in [0.29, 0.717) is 6.04 Å².